The van der Waals surface area contributed by atoms with Gasteiger partial charge in [-0.25, -0.2) is 9.59 Å². The minimum Gasteiger partial charge on any atom is -0.439 e. The monoisotopic (exact) mass is 380 g/mol. The number of aromatic nitrogens is 1. The van der Waals surface area contributed by atoms with Gasteiger partial charge in [0.15, 0.2) is 5.60 Å². The highest BCUT2D eigenvalue weighted by molar-refractivity contribution is 5.89. The van der Waals surface area contributed by atoms with Gasteiger partial charge in [-0.2, -0.15) is 0 Å². The number of hydrogen-bond donors (Lipinski definition) is 1. The minimum atomic E-state index is -0.557. The predicted molar refractivity (Wildman–Crippen MR) is 105 cm³/mol. The van der Waals surface area contributed by atoms with Gasteiger partial charge in [0.2, 0.25) is 0 Å². The van der Waals surface area contributed by atoms with Crippen LogP contribution >= 0.6 is 0 Å². The second-order valence-electron chi connectivity index (χ2n) is 7.53. The molecule has 1 aromatic heterocycles. The zero-order valence-electron chi connectivity index (χ0n) is 15.9. The number of benzene rings is 1. The highest BCUT2D eigenvalue weighted by Gasteiger charge is 2.49. The van der Waals surface area contributed by atoms with E-state index >= 15 is 0 Å². The van der Waals surface area contributed by atoms with Crippen LogP contribution < -0.4 is 5.32 Å². The molecule has 0 aliphatic carbocycles. The summed E-state index contributed by atoms with van der Waals surface area (Å²) in [6, 6.07) is 13.7. The van der Waals surface area contributed by atoms with E-state index in [1.807, 2.05) is 42.5 Å². The third-order valence-corrected chi connectivity index (χ3v) is 5.35. The highest BCUT2D eigenvalue weighted by atomic mass is 16.6. The first-order valence-corrected chi connectivity index (χ1v) is 9.52. The zero-order valence-corrected chi connectivity index (χ0v) is 15.9. The van der Waals surface area contributed by atoms with Crippen molar-refractivity contribution in [3.05, 3.63) is 59.9 Å². The number of carbonyl (C=O) groups excluding carboxylic acids is 2. The van der Waals surface area contributed by atoms with Crippen molar-refractivity contribution in [3.8, 4) is 0 Å². The number of carbonyl (C=O) groups is 2. The Morgan fingerprint density at radius 3 is 2.68 bits per heavy atom. The van der Waals surface area contributed by atoms with Crippen LogP contribution in [0, 0.1) is 0 Å². The molecule has 1 aromatic carbocycles. The van der Waals surface area contributed by atoms with Crippen molar-refractivity contribution < 1.29 is 14.3 Å². The van der Waals surface area contributed by atoms with E-state index in [2.05, 4.69) is 10.3 Å². The molecule has 1 atom stereocenters. The highest BCUT2D eigenvalue weighted by Crippen LogP contribution is 2.32. The van der Waals surface area contributed by atoms with Crippen LogP contribution in [0.1, 0.15) is 17.7 Å². The van der Waals surface area contributed by atoms with Crippen LogP contribution in [-0.4, -0.2) is 59.2 Å². The molecule has 3 amide bonds. The average molecular weight is 380 g/mol. The van der Waals surface area contributed by atoms with E-state index in [1.54, 1.807) is 23.0 Å². The van der Waals surface area contributed by atoms with Crippen molar-refractivity contribution in [1.29, 1.82) is 0 Å². The van der Waals surface area contributed by atoms with Crippen LogP contribution in [0.5, 0.6) is 0 Å². The molecule has 1 spiro atoms. The number of likely N-dealkylation sites (tertiary alicyclic amines) is 1. The van der Waals surface area contributed by atoms with E-state index in [4.69, 9.17) is 4.74 Å². The number of likely N-dealkylation sites (N-methyl/N-ethyl adjacent to an activating group) is 1. The Labute approximate surface area is 164 Å². The summed E-state index contributed by atoms with van der Waals surface area (Å²) in [6.45, 7) is 1.53. The van der Waals surface area contributed by atoms with Crippen molar-refractivity contribution in [1.82, 2.24) is 14.8 Å². The number of urea groups is 1. The van der Waals surface area contributed by atoms with E-state index in [0.29, 0.717) is 26.1 Å². The second-order valence-corrected chi connectivity index (χ2v) is 7.53. The molecule has 0 saturated carbocycles. The van der Waals surface area contributed by atoms with Gasteiger partial charge in [-0.15, -0.1) is 0 Å². The Kier molecular flexibility index (Phi) is 4.90. The molecule has 146 valence electrons. The molecule has 4 rings (SSSR count). The number of nitrogens with one attached hydrogen (secondary N) is 1. The fourth-order valence-corrected chi connectivity index (χ4v) is 3.80. The average Bonchev–Trinajstić information content (AvgIpc) is 3.24. The number of anilines is 1. The van der Waals surface area contributed by atoms with Gasteiger partial charge in [0.05, 0.1) is 13.1 Å². The number of nitrogens with zero attached hydrogens (tertiary/aromatic N) is 3. The molecule has 7 heteroatoms. The maximum absolute atomic E-state index is 12.6. The molecule has 0 bridgehead atoms. The van der Waals surface area contributed by atoms with Crippen LogP contribution in [0.2, 0.25) is 0 Å². The molecule has 0 unspecified atom stereocenters. The summed E-state index contributed by atoms with van der Waals surface area (Å²) in [5.74, 6) is 0. The van der Waals surface area contributed by atoms with E-state index in [0.717, 1.165) is 24.2 Å². The largest absolute Gasteiger partial charge is 0.439 e. The molecular weight excluding hydrogens is 356 g/mol. The summed E-state index contributed by atoms with van der Waals surface area (Å²) in [6.07, 6.45) is 3.95. The Hall–Kier alpha value is -3.09. The fraction of sp³-hybridized carbons (Fsp3) is 0.381. The van der Waals surface area contributed by atoms with Gasteiger partial charge in [-0.3, -0.25) is 4.98 Å². The quantitative estimate of drug-likeness (QED) is 0.885. The van der Waals surface area contributed by atoms with Gasteiger partial charge >= 0.3 is 12.1 Å². The Morgan fingerprint density at radius 1 is 1.18 bits per heavy atom. The summed E-state index contributed by atoms with van der Waals surface area (Å²) in [5, 5.41) is 2.93. The van der Waals surface area contributed by atoms with Crippen molar-refractivity contribution >= 4 is 17.8 Å². The topological polar surface area (TPSA) is 74.8 Å². The Bertz CT molecular complexity index is 856. The fourth-order valence-electron chi connectivity index (χ4n) is 3.80. The standard InChI is InChI=1S/C21H24N4O3/c1-24-14-21(28-20(24)27)11-13-25(15-21)19(26)23-18-9-6-16(7-10-18)5-8-17-4-2-3-12-22-17/h2-4,6-7,9-10,12H,5,8,11,13-15H2,1H3,(H,23,26)/t21-/m0/s1. The van der Waals surface area contributed by atoms with Gasteiger partial charge in [0.25, 0.3) is 0 Å². The number of amides is 3. The van der Waals surface area contributed by atoms with Crippen LogP contribution in [0.3, 0.4) is 0 Å². The van der Waals surface area contributed by atoms with E-state index in [9.17, 15) is 9.59 Å². The second kappa shape index (κ2) is 7.50. The van der Waals surface area contributed by atoms with Crippen molar-refractivity contribution in [3.63, 3.8) is 0 Å². The Morgan fingerprint density at radius 2 is 2.00 bits per heavy atom. The lowest BCUT2D eigenvalue weighted by molar-refractivity contribution is 0.0663. The SMILES string of the molecule is CN1C[C@]2(CCN(C(=O)Nc3ccc(CCc4ccccn4)cc3)C2)OC1=O. The molecular formula is C21H24N4O3. The number of rotatable bonds is 4. The molecule has 2 aliphatic heterocycles. The summed E-state index contributed by atoms with van der Waals surface area (Å²) in [4.78, 5) is 31.8. The lowest BCUT2D eigenvalue weighted by Crippen LogP contribution is -2.40. The summed E-state index contributed by atoms with van der Waals surface area (Å²) < 4.78 is 5.49. The van der Waals surface area contributed by atoms with E-state index < -0.39 is 5.60 Å². The maximum Gasteiger partial charge on any atom is 0.410 e. The normalized spacial score (nSPS) is 21.2. The molecule has 3 heterocycles. The van der Waals surface area contributed by atoms with E-state index in [-0.39, 0.29) is 12.1 Å². The third-order valence-electron chi connectivity index (χ3n) is 5.35. The molecule has 2 aromatic rings. The number of pyridine rings is 1. The van der Waals surface area contributed by atoms with Gasteiger partial charge in [0, 0.05) is 37.6 Å². The summed E-state index contributed by atoms with van der Waals surface area (Å²) in [5.41, 5.74) is 2.47. The van der Waals surface area contributed by atoms with Gasteiger partial charge in [-0.05, 0) is 42.7 Å². The van der Waals surface area contributed by atoms with Crippen LogP contribution in [-0.2, 0) is 17.6 Å². The molecule has 28 heavy (non-hydrogen) atoms. The van der Waals surface area contributed by atoms with Crippen molar-refractivity contribution in [2.24, 2.45) is 0 Å². The molecule has 2 saturated heterocycles. The first-order chi connectivity index (χ1) is 13.5. The van der Waals surface area contributed by atoms with Crippen molar-refractivity contribution in [2.45, 2.75) is 24.9 Å². The maximum atomic E-state index is 12.6. The third kappa shape index (κ3) is 3.93. The van der Waals surface area contributed by atoms with Crippen LogP contribution in [0.25, 0.3) is 0 Å². The van der Waals surface area contributed by atoms with Crippen molar-refractivity contribution in [2.75, 3.05) is 32.0 Å². The van der Waals surface area contributed by atoms with Crippen LogP contribution in [0.15, 0.2) is 48.7 Å². The predicted octanol–water partition coefficient (Wildman–Crippen LogP) is 2.93. The Balaban J connectivity index is 1.30. The molecule has 1 N–H and O–H groups in total. The first kappa shape index (κ1) is 18.3. The van der Waals surface area contributed by atoms with Gasteiger partial charge < -0.3 is 19.9 Å². The summed E-state index contributed by atoms with van der Waals surface area (Å²) in [7, 11) is 1.72. The molecule has 2 aliphatic rings. The smallest absolute Gasteiger partial charge is 0.410 e. The first-order valence-electron chi connectivity index (χ1n) is 9.52. The molecule has 0 radical (unpaired) electrons. The molecule has 7 nitrogen and oxygen atoms in total. The number of ether oxygens (including phenoxy) is 1. The lowest BCUT2D eigenvalue weighted by Gasteiger charge is -2.22. The molecule has 2 fully saturated rings. The van der Waals surface area contributed by atoms with E-state index in [1.165, 1.54) is 5.56 Å². The zero-order chi connectivity index (χ0) is 19.6. The minimum absolute atomic E-state index is 0.163. The summed E-state index contributed by atoms with van der Waals surface area (Å²) >= 11 is 0. The number of aryl methyl sites for hydroxylation is 2. The van der Waals surface area contributed by atoms with Gasteiger partial charge in [-0.1, -0.05) is 18.2 Å². The van der Waals surface area contributed by atoms with Gasteiger partial charge in [0.1, 0.15) is 0 Å². The lowest BCUT2D eigenvalue weighted by atomic mass is 10.0. The van der Waals surface area contributed by atoms with Crippen LogP contribution in [0.4, 0.5) is 15.3 Å². The number of hydrogen-bond acceptors (Lipinski definition) is 4.